The molecule has 0 saturated heterocycles. The maximum Gasteiger partial charge on any atom is 0.454 e. The van der Waals surface area contributed by atoms with Crippen molar-refractivity contribution in [1.82, 2.24) is 4.98 Å². The quantitative estimate of drug-likeness (QED) is 0.688. The van der Waals surface area contributed by atoms with E-state index in [1.165, 1.54) is 6.07 Å². The van der Waals surface area contributed by atoms with E-state index in [9.17, 15) is 18.0 Å². The van der Waals surface area contributed by atoms with E-state index in [0.29, 0.717) is 11.1 Å². The van der Waals surface area contributed by atoms with E-state index in [-0.39, 0.29) is 16.6 Å². The smallest absolute Gasteiger partial charge is 0.354 e. The number of fused-ring (bicyclic) bond motifs is 1. The molecule has 1 heterocycles. The Morgan fingerprint density at radius 2 is 1.52 bits per heavy atom. The van der Waals surface area contributed by atoms with Gasteiger partial charge in [0.2, 0.25) is 0 Å². The van der Waals surface area contributed by atoms with Gasteiger partial charge in [0.1, 0.15) is 0 Å². The molecule has 0 spiro atoms. The predicted octanol–water partition coefficient (Wildman–Crippen LogP) is 4.58. The summed E-state index contributed by atoms with van der Waals surface area (Å²) in [5.41, 5.74) is 0.911. The fourth-order valence-corrected chi connectivity index (χ4v) is 2.34. The van der Waals surface area contributed by atoms with E-state index in [1.807, 2.05) is 0 Å². The Balaban J connectivity index is 2.32. The van der Waals surface area contributed by atoms with Crippen LogP contribution >= 0.6 is 0 Å². The first-order valence-electron chi connectivity index (χ1n) is 6.26. The zero-order valence-corrected chi connectivity index (χ0v) is 10.7. The SMILES string of the molecule is O=C(c1c(-c2ccccc2)[nH]c2ccccc12)C(F)(F)F. The van der Waals surface area contributed by atoms with Gasteiger partial charge in [-0.25, -0.2) is 0 Å². The van der Waals surface area contributed by atoms with Gasteiger partial charge in [0.05, 0.1) is 11.3 Å². The van der Waals surface area contributed by atoms with Gasteiger partial charge in [0.15, 0.2) is 0 Å². The molecule has 1 aromatic heterocycles. The number of benzene rings is 2. The topological polar surface area (TPSA) is 32.9 Å². The molecule has 0 aliphatic heterocycles. The van der Waals surface area contributed by atoms with Gasteiger partial charge in [0.25, 0.3) is 5.78 Å². The number of hydrogen-bond donors (Lipinski definition) is 1. The molecule has 0 radical (unpaired) electrons. The van der Waals surface area contributed by atoms with Crippen LogP contribution in [0.5, 0.6) is 0 Å². The van der Waals surface area contributed by atoms with E-state index < -0.39 is 12.0 Å². The summed E-state index contributed by atoms with van der Waals surface area (Å²) >= 11 is 0. The molecular formula is C16H10F3NO. The van der Waals surface area contributed by atoms with Gasteiger partial charge in [-0.15, -0.1) is 0 Å². The first-order chi connectivity index (χ1) is 9.98. The van der Waals surface area contributed by atoms with E-state index in [2.05, 4.69) is 4.98 Å². The van der Waals surface area contributed by atoms with Crippen molar-refractivity contribution >= 4 is 16.7 Å². The highest BCUT2D eigenvalue weighted by atomic mass is 19.4. The summed E-state index contributed by atoms with van der Waals surface area (Å²) in [7, 11) is 0. The highest BCUT2D eigenvalue weighted by Gasteiger charge is 2.42. The first-order valence-corrected chi connectivity index (χ1v) is 6.26. The minimum Gasteiger partial charge on any atom is -0.354 e. The van der Waals surface area contributed by atoms with Gasteiger partial charge in [0, 0.05) is 10.9 Å². The average Bonchev–Trinajstić information content (AvgIpc) is 2.85. The molecule has 0 saturated carbocycles. The monoisotopic (exact) mass is 289 g/mol. The molecule has 5 heteroatoms. The van der Waals surface area contributed by atoms with E-state index >= 15 is 0 Å². The van der Waals surface area contributed by atoms with E-state index in [1.54, 1.807) is 48.5 Å². The molecule has 1 N–H and O–H groups in total. The zero-order chi connectivity index (χ0) is 15.0. The van der Waals surface area contributed by atoms with Gasteiger partial charge in [-0.1, -0.05) is 48.5 Å². The molecule has 0 unspecified atom stereocenters. The second kappa shape index (κ2) is 4.77. The molecule has 0 aliphatic carbocycles. The lowest BCUT2D eigenvalue weighted by Crippen LogP contribution is -2.23. The van der Waals surface area contributed by atoms with Crippen molar-refractivity contribution in [2.45, 2.75) is 6.18 Å². The second-order valence-corrected chi connectivity index (χ2v) is 4.61. The van der Waals surface area contributed by atoms with Gasteiger partial charge < -0.3 is 4.98 Å². The largest absolute Gasteiger partial charge is 0.454 e. The number of Topliss-reactive ketones (excluding diaryl/α,β-unsaturated/α-hetero) is 1. The molecule has 0 aliphatic rings. The fourth-order valence-electron chi connectivity index (χ4n) is 2.34. The van der Waals surface area contributed by atoms with Crippen LogP contribution in [0.2, 0.25) is 0 Å². The predicted molar refractivity (Wildman–Crippen MR) is 74.1 cm³/mol. The van der Waals surface area contributed by atoms with Crippen LogP contribution in [0.4, 0.5) is 13.2 Å². The highest BCUT2D eigenvalue weighted by Crippen LogP contribution is 2.34. The summed E-state index contributed by atoms with van der Waals surface area (Å²) in [6.07, 6.45) is -4.91. The van der Waals surface area contributed by atoms with Crippen molar-refractivity contribution in [1.29, 1.82) is 0 Å². The number of alkyl halides is 3. The molecule has 0 atom stereocenters. The number of halogens is 3. The summed E-state index contributed by atoms with van der Waals surface area (Å²) in [6, 6.07) is 15.0. The van der Waals surface area contributed by atoms with Crippen LogP contribution in [-0.2, 0) is 0 Å². The number of rotatable bonds is 2. The van der Waals surface area contributed by atoms with Crippen LogP contribution in [0, 0.1) is 0 Å². The zero-order valence-electron chi connectivity index (χ0n) is 10.7. The summed E-state index contributed by atoms with van der Waals surface area (Å²) in [4.78, 5) is 14.7. The number of para-hydroxylation sites is 1. The highest BCUT2D eigenvalue weighted by molar-refractivity contribution is 6.15. The molecule has 3 aromatic rings. The first kappa shape index (κ1) is 13.4. The van der Waals surface area contributed by atoms with Gasteiger partial charge >= 0.3 is 6.18 Å². The number of H-pyrrole nitrogens is 1. The lowest BCUT2D eigenvalue weighted by Gasteiger charge is -2.07. The Morgan fingerprint density at radius 3 is 2.19 bits per heavy atom. The number of carbonyl (C=O) groups is 1. The minimum absolute atomic E-state index is 0.194. The number of nitrogens with one attached hydrogen (secondary N) is 1. The Bertz CT molecular complexity index is 803. The number of aromatic amines is 1. The number of carbonyl (C=O) groups excluding carboxylic acids is 1. The van der Waals surface area contributed by atoms with E-state index in [0.717, 1.165) is 0 Å². The number of ketones is 1. The molecule has 2 nitrogen and oxygen atoms in total. The molecule has 3 rings (SSSR count). The van der Waals surface area contributed by atoms with Crippen LogP contribution in [-0.4, -0.2) is 16.9 Å². The van der Waals surface area contributed by atoms with Crippen molar-refractivity contribution in [3.05, 3.63) is 60.2 Å². The van der Waals surface area contributed by atoms with Crippen LogP contribution in [0.3, 0.4) is 0 Å². The Labute approximate surface area is 118 Å². The molecule has 0 amide bonds. The van der Waals surface area contributed by atoms with Crippen LogP contribution < -0.4 is 0 Å². The standard InChI is InChI=1S/C16H10F3NO/c17-16(18,19)15(21)13-11-8-4-5-9-12(11)20-14(13)10-6-2-1-3-7-10/h1-9,20H. The van der Waals surface area contributed by atoms with Crippen LogP contribution in [0.1, 0.15) is 10.4 Å². The van der Waals surface area contributed by atoms with Crippen LogP contribution in [0.25, 0.3) is 22.2 Å². The second-order valence-electron chi connectivity index (χ2n) is 4.61. The van der Waals surface area contributed by atoms with Gasteiger partial charge in [-0.2, -0.15) is 13.2 Å². The Hall–Kier alpha value is -2.56. The fraction of sp³-hybridized carbons (Fsp3) is 0.0625. The van der Waals surface area contributed by atoms with Crippen molar-refractivity contribution in [2.24, 2.45) is 0 Å². The lowest BCUT2D eigenvalue weighted by molar-refractivity contribution is -0.0883. The van der Waals surface area contributed by atoms with Gasteiger partial charge in [-0.05, 0) is 11.6 Å². The van der Waals surface area contributed by atoms with Crippen molar-refractivity contribution in [3.8, 4) is 11.3 Å². The maximum absolute atomic E-state index is 12.9. The maximum atomic E-state index is 12.9. The summed E-state index contributed by atoms with van der Waals surface area (Å²) < 4.78 is 38.6. The molecule has 0 bridgehead atoms. The van der Waals surface area contributed by atoms with Crippen molar-refractivity contribution in [2.75, 3.05) is 0 Å². The lowest BCUT2D eigenvalue weighted by atomic mass is 10.0. The minimum atomic E-state index is -4.91. The molecular weight excluding hydrogens is 279 g/mol. The summed E-state index contributed by atoms with van der Waals surface area (Å²) in [5.74, 6) is -1.83. The van der Waals surface area contributed by atoms with Crippen molar-refractivity contribution < 1.29 is 18.0 Å². The third kappa shape index (κ3) is 2.31. The summed E-state index contributed by atoms with van der Waals surface area (Å²) in [6.45, 7) is 0. The number of hydrogen-bond acceptors (Lipinski definition) is 1. The molecule has 106 valence electrons. The molecule has 2 aromatic carbocycles. The average molecular weight is 289 g/mol. The third-order valence-corrected chi connectivity index (χ3v) is 3.25. The van der Waals surface area contributed by atoms with Gasteiger partial charge in [-0.3, -0.25) is 4.79 Å². The molecule has 0 fully saturated rings. The Morgan fingerprint density at radius 1 is 0.905 bits per heavy atom. The normalized spacial score (nSPS) is 11.8. The van der Waals surface area contributed by atoms with Crippen LogP contribution in [0.15, 0.2) is 54.6 Å². The number of aromatic nitrogens is 1. The molecule has 21 heavy (non-hydrogen) atoms. The third-order valence-electron chi connectivity index (χ3n) is 3.25. The van der Waals surface area contributed by atoms with Crippen molar-refractivity contribution in [3.63, 3.8) is 0 Å². The van der Waals surface area contributed by atoms with E-state index in [4.69, 9.17) is 0 Å². The summed E-state index contributed by atoms with van der Waals surface area (Å²) in [5, 5.41) is 0.277. The Kier molecular flexibility index (Phi) is 3.05.